The van der Waals surface area contributed by atoms with E-state index in [0.29, 0.717) is 32.9 Å². The minimum atomic E-state index is -0.636. The number of nitrogens with zero attached hydrogens (tertiary/aromatic N) is 1. The van der Waals surface area contributed by atoms with E-state index >= 15 is 0 Å². The number of aryl methyl sites for hydroxylation is 1. The summed E-state index contributed by atoms with van der Waals surface area (Å²) in [6.45, 7) is 10.6. The Morgan fingerprint density at radius 1 is 1.27 bits per heavy atom. The fraction of sp³-hybridized carbons (Fsp3) is 0.579. The Morgan fingerprint density at radius 2 is 2.00 bits per heavy atom. The number of rotatable bonds is 7. The first-order valence-electron chi connectivity index (χ1n) is 9.13. The van der Waals surface area contributed by atoms with Crippen LogP contribution < -0.4 is 15.4 Å². The van der Waals surface area contributed by atoms with E-state index in [2.05, 4.69) is 15.5 Å². The van der Waals surface area contributed by atoms with Crippen LogP contribution >= 0.6 is 0 Å². The van der Waals surface area contributed by atoms with Crippen molar-refractivity contribution in [1.29, 1.82) is 0 Å². The van der Waals surface area contributed by atoms with E-state index in [9.17, 15) is 9.59 Å². The van der Waals surface area contributed by atoms with E-state index in [-0.39, 0.29) is 6.04 Å². The van der Waals surface area contributed by atoms with Crippen molar-refractivity contribution < 1.29 is 19.1 Å². The Bertz CT molecular complexity index is 615. The van der Waals surface area contributed by atoms with Crippen molar-refractivity contribution in [1.82, 2.24) is 15.5 Å². The van der Waals surface area contributed by atoms with Crippen LogP contribution in [-0.2, 0) is 14.3 Å². The van der Waals surface area contributed by atoms with Crippen molar-refractivity contribution >= 4 is 11.8 Å². The van der Waals surface area contributed by atoms with Gasteiger partial charge in [-0.2, -0.15) is 0 Å². The number of nitrogens with one attached hydrogen (secondary N) is 2. The molecule has 1 aliphatic heterocycles. The molecule has 0 saturated carbocycles. The molecule has 1 fully saturated rings. The molecule has 144 valence electrons. The maximum absolute atomic E-state index is 12.2. The van der Waals surface area contributed by atoms with Gasteiger partial charge < -0.3 is 20.1 Å². The number of hydrogen-bond donors (Lipinski definition) is 2. The highest BCUT2D eigenvalue weighted by molar-refractivity contribution is 6.35. The van der Waals surface area contributed by atoms with Crippen molar-refractivity contribution in [3.8, 4) is 5.75 Å². The monoisotopic (exact) mass is 363 g/mol. The number of morpholine rings is 1. The Kier molecular flexibility index (Phi) is 7.87. The first-order valence-corrected chi connectivity index (χ1v) is 9.13. The number of carbonyl (C=O) groups is 2. The Balaban J connectivity index is 1.83. The highest BCUT2D eigenvalue weighted by Crippen LogP contribution is 2.26. The highest BCUT2D eigenvalue weighted by atomic mass is 16.5. The van der Waals surface area contributed by atoms with E-state index < -0.39 is 11.8 Å². The first-order chi connectivity index (χ1) is 12.5. The Morgan fingerprint density at radius 3 is 2.69 bits per heavy atom. The van der Waals surface area contributed by atoms with Crippen molar-refractivity contribution in [2.45, 2.75) is 26.8 Å². The van der Waals surface area contributed by atoms with Crippen LogP contribution in [0.4, 0.5) is 0 Å². The topological polar surface area (TPSA) is 79.9 Å². The summed E-state index contributed by atoms with van der Waals surface area (Å²) in [6.07, 6.45) is 0. The predicted octanol–water partition coefficient (Wildman–Crippen LogP) is 1.02. The van der Waals surface area contributed by atoms with Crippen LogP contribution in [0.5, 0.6) is 5.75 Å². The minimum absolute atomic E-state index is 0.325. The SMILES string of the molecule is CCOc1ccc(C)cc1C(C)NC(=O)C(=O)NCCN1CCOCC1. The van der Waals surface area contributed by atoms with Crippen molar-refractivity contribution in [2.24, 2.45) is 0 Å². The van der Waals surface area contributed by atoms with E-state index in [0.717, 1.165) is 30.0 Å². The summed E-state index contributed by atoms with van der Waals surface area (Å²) in [4.78, 5) is 26.4. The minimum Gasteiger partial charge on any atom is -0.494 e. The maximum atomic E-state index is 12.2. The van der Waals surface area contributed by atoms with Gasteiger partial charge in [0.1, 0.15) is 5.75 Å². The molecule has 0 aromatic heterocycles. The lowest BCUT2D eigenvalue weighted by Crippen LogP contribution is -2.45. The van der Waals surface area contributed by atoms with Gasteiger partial charge in [-0.25, -0.2) is 0 Å². The van der Waals surface area contributed by atoms with E-state index in [1.165, 1.54) is 0 Å². The van der Waals surface area contributed by atoms with Crippen LogP contribution in [0.15, 0.2) is 18.2 Å². The van der Waals surface area contributed by atoms with E-state index in [4.69, 9.17) is 9.47 Å². The maximum Gasteiger partial charge on any atom is 0.309 e. The molecule has 26 heavy (non-hydrogen) atoms. The van der Waals surface area contributed by atoms with Crippen LogP contribution in [0.3, 0.4) is 0 Å². The lowest BCUT2D eigenvalue weighted by Gasteiger charge is -2.26. The van der Waals surface area contributed by atoms with Crippen LogP contribution in [0.1, 0.15) is 31.0 Å². The highest BCUT2D eigenvalue weighted by Gasteiger charge is 2.19. The van der Waals surface area contributed by atoms with Crippen LogP contribution in [0.25, 0.3) is 0 Å². The second-order valence-electron chi connectivity index (χ2n) is 6.38. The molecular weight excluding hydrogens is 334 g/mol. The van der Waals surface area contributed by atoms with E-state index in [1.807, 2.05) is 39.0 Å². The Labute approximate surface area is 155 Å². The number of carbonyl (C=O) groups excluding carboxylic acids is 2. The molecule has 1 saturated heterocycles. The quantitative estimate of drug-likeness (QED) is 0.707. The van der Waals surface area contributed by atoms with Crippen LogP contribution in [-0.4, -0.2) is 62.7 Å². The van der Waals surface area contributed by atoms with Crippen LogP contribution in [0.2, 0.25) is 0 Å². The average Bonchev–Trinajstić information content (AvgIpc) is 2.64. The van der Waals surface area contributed by atoms with Gasteiger partial charge in [0, 0.05) is 31.7 Å². The van der Waals surface area contributed by atoms with Crippen molar-refractivity contribution in [3.63, 3.8) is 0 Å². The molecule has 0 bridgehead atoms. The molecule has 7 heteroatoms. The van der Waals surface area contributed by atoms with Gasteiger partial charge in [-0.1, -0.05) is 17.7 Å². The number of hydrogen-bond acceptors (Lipinski definition) is 5. The lowest BCUT2D eigenvalue weighted by atomic mass is 10.0. The molecule has 1 heterocycles. The first kappa shape index (κ1) is 20.2. The third-order valence-corrected chi connectivity index (χ3v) is 4.30. The summed E-state index contributed by atoms with van der Waals surface area (Å²) >= 11 is 0. The van der Waals surface area contributed by atoms with Gasteiger partial charge in [-0.15, -0.1) is 0 Å². The van der Waals surface area contributed by atoms with Gasteiger partial charge in [-0.05, 0) is 26.8 Å². The number of ether oxygens (including phenoxy) is 2. The average molecular weight is 363 g/mol. The molecule has 2 N–H and O–H groups in total. The molecule has 1 aliphatic rings. The van der Waals surface area contributed by atoms with Crippen LogP contribution in [0, 0.1) is 6.92 Å². The summed E-state index contributed by atoms with van der Waals surface area (Å²) in [5, 5.41) is 5.42. The molecule has 1 aromatic carbocycles. The normalized spacial score (nSPS) is 16.0. The van der Waals surface area contributed by atoms with Gasteiger partial charge in [0.15, 0.2) is 0 Å². The molecule has 1 atom stereocenters. The van der Waals surface area contributed by atoms with Crippen molar-refractivity contribution in [2.75, 3.05) is 46.0 Å². The number of benzene rings is 1. The summed E-state index contributed by atoms with van der Waals surface area (Å²) in [7, 11) is 0. The van der Waals surface area contributed by atoms with Gasteiger partial charge in [0.25, 0.3) is 0 Å². The second-order valence-corrected chi connectivity index (χ2v) is 6.38. The molecule has 0 radical (unpaired) electrons. The summed E-state index contributed by atoms with van der Waals surface area (Å²) in [6, 6.07) is 5.49. The van der Waals surface area contributed by atoms with Gasteiger partial charge >= 0.3 is 11.8 Å². The zero-order valence-electron chi connectivity index (χ0n) is 15.8. The third-order valence-electron chi connectivity index (χ3n) is 4.30. The van der Waals surface area contributed by atoms with Gasteiger partial charge in [0.05, 0.1) is 25.9 Å². The lowest BCUT2D eigenvalue weighted by molar-refractivity contribution is -0.139. The molecule has 2 rings (SSSR count). The zero-order valence-corrected chi connectivity index (χ0v) is 15.8. The second kappa shape index (κ2) is 10.1. The molecule has 2 amide bonds. The largest absolute Gasteiger partial charge is 0.494 e. The van der Waals surface area contributed by atoms with Gasteiger partial charge in [0.2, 0.25) is 0 Å². The summed E-state index contributed by atoms with van der Waals surface area (Å²) < 4.78 is 10.9. The predicted molar refractivity (Wildman–Crippen MR) is 99.2 cm³/mol. The standard InChI is InChI=1S/C19H29N3O4/c1-4-26-17-6-5-14(2)13-16(17)15(3)21-19(24)18(23)20-7-8-22-9-11-25-12-10-22/h5-6,13,15H,4,7-12H2,1-3H3,(H,20,23)(H,21,24). The fourth-order valence-electron chi connectivity index (χ4n) is 2.87. The molecule has 0 spiro atoms. The van der Waals surface area contributed by atoms with Gasteiger partial charge in [-0.3, -0.25) is 14.5 Å². The smallest absolute Gasteiger partial charge is 0.309 e. The molecule has 1 unspecified atom stereocenters. The number of amides is 2. The third kappa shape index (κ3) is 6.00. The van der Waals surface area contributed by atoms with Crippen molar-refractivity contribution in [3.05, 3.63) is 29.3 Å². The molecular formula is C19H29N3O4. The summed E-state index contributed by atoms with van der Waals surface area (Å²) in [5.74, 6) is -0.530. The zero-order chi connectivity index (χ0) is 18.9. The molecule has 1 aromatic rings. The Hall–Kier alpha value is -2.12. The fourth-order valence-corrected chi connectivity index (χ4v) is 2.87. The molecule has 7 nitrogen and oxygen atoms in total. The van der Waals surface area contributed by atoms with E-state index in [1.54, 1.807) is 0 Å². The molecule has 0 aliphatic carbocycles. The summed E-state index contributed by atoms with van der Waals surface area (Å²) in [5.41, 5.74) is 1.93.